The van der Waals surface area contributed by atoms with Crippen LogP contribution in [0, 0.1) is 21.4 Å². The molecule has 0 amide bonds. The molecule has 1 saturated carbocycles. The number of allylic oxidation sites excluding steroid dienone is 1. The van der Waals surface area contributed by atoms with Crippen LogP contribution in [-0.2, 0) is 14.3 Å². The SMILES string of the molecule is CC1=C(C(=O)O)C(c2cccc([N+](=O)[O-])c2)C(CCN(C)C)(C(=O)OCC2CC2)C(C)N1. The smallest absolute Gasteiger partial charge is 0.333 e. The van der Waals surface area contributed by atoms with Crippen LogP contribution in [0.5, 0.6) is 0 Å². The van der Waals surface area contributed by atoms with Crippen LogP contribution in [0.15, 0.2) is 35.5 Å². The number of nitro groups is 1. The molecule has 174 valence electrons. The normalized spacial score (nSPS) is 25.4. The quantitative estimate of drug-likeness (QED) is 0.338. The minimum Gasteiger partial charge on any atom is -0.478 e. The number of benzene rings is 1. The monoisotopic (exact) mass is 445 g/mol. The lowest BCUT2D eigenvalue weighted by molar-refractivity contribution is -0.384. The van der Waals surface area contributed by atoms with Crippen LogP contribution in [0.2, 0.25) is 0 Å². The first-order chi connectivity index (χ1) is 15.1. The van der Waals surface area contributed by atoms with Gasteiger partial charge >= 0.3 is 11.9 Å². The molecule has 1 aromatic carbocycles. The van der Waals surface area contributed by atoms with Crippen molar-refractivity contribution in [3.63, 3.8) is 0 Å². The highest BCUT2D eigenvalue weighted by Crippen LogP contribution is 2.51. The van der Waals surface area contributed by atoms with E-state index in [9.17, 15) is 24.8 Å². The van der Waals surface area contributed by atoms with Crippen molar-refractivity contribution in [2.45, 2.75) is 45.1 Å². The third-order valence-electron chi connectivity index (χ3n) is 6.56. The second-order valence-corrected chi connectivity index (χ2v) is 9.13. The number of carbonyl (C=O) groups is 2. The number of nitrogens with one attached hydrogen (secondary N) is 1. The molecule has 0 radical (unpaired) electrons. The summed E-state index contributed by atoms with van der Waals surface area (Å²) >= 11 is 0. The average Bonchev–Trinajstić information content (AvgIpc) is 3.55. The van der Waals surface area contributed by atoms with Crippen molar-refractivity contribution in [1.82, 2.24) is 10.2 Å². The Morgan fingerprint density at radius 1 is 1.34 bits per heavy atom. The van der Waals surface area contributed by atoms with Crippen LogP contribution >= 0.6 is 0 Å². The number of ether oxygens (including phenoxy) is 1. The highest BCUT2D eigenvalue weighted by Gasteiger charge is 2.57. The number of carboxylic acids is 1. The molecule has 3 unspecified atom stereocenters. The van der Waals surface area contributed by atoms with Crippen molar-refractivity contribution < 1.29 is 24.4 Å². The first kappa shape index (κ1) is 23.7. The van der Waals surface area contributed by atoms with Crippen LogP contribution in [0.1, 0.15) is 44.6 Å². The number of carbonyl (C=O) groups excluding carboxylic acids is 1. The average molecular weight is 446 g/mol. The molecule has 1 aliphatic heterocycles. The molecule has 3 atom stereocenters. The van der Waals surface area contributed by atoms with E-state index in [0.717, 1.165) is 12.8 Å². The third kappa shape index (κ3) is 4.62. The standard InChI is InChI=1S/C23H31N3O6/c1-14-19(21(27)28)20(17-6-5-7-18(12-17)26(30)31)23(15(2)24-14,10-11-25(3)4)22(29)32-13-16-8-9-16/h5-7,12,15-16,20,24H,8-11,13H2,1-4H3,(H,27,28). The Balaban J connectivity index is 2.20. The third-order valence-corrected chi connectivity index (χ3v) is 6.56. The second kappa shape index (κ2) is 9.28. The van der Waals surface area contributed by atoms with E-state index in [0.29, 0.717) is 36.8 Å². The minimum absolute atomic E-state index is 0.0331. The molecule has 3 rings (SSSR count). The van der Waals surface area contributed by atoms with E-state index < -0.39 is 34.2 Å². The molecular weight excluding hydrogens is 414 g/mol. The van der Waals surface area contributed by atoms with Gasteiger partial charge in [0.1, 0.15) is 5.41 Å². The Bertz CT molecular complexity index is 939. The van der Waals surface area contributed by atoms with Gasteiger partial charge in [-0.3, -0.25) is 14.9 Å². The fourth-order valence-electron chi connectivity index (χ4n) is 4.60. The molecule has 1 heterocycles. The zero-order valence-corrected chi connectivity index (χ0v) is 19.0. The van der Waals surface area contributed by atoms with Crippen molar-refractivity contribution in [2.24, 2.45) is 11.3 Å². The number of hydrogen-bond acceptors (Lipinski definition) is 7. The molecule has 2 N–H and O–H groups in total. The van der Waals surface area contributed by atoms with Gasteiger partial charge in [-0.15, -0.1) is 0 Å². The van der Waals surface area contributed by atoms with Gasteiger partial charge in [0.05, 0.1) is 17.1 Å². The first-order valence-corrected chi connectivity index (χ1v) is 10.8. The molecule has 1 aromatic rings. The van der Waals surface area contributed by atoms with Gasteiger partial charge in [-0.1, -0.05) is 12.1 Å². The second-order valence-electron chi connectivity index (χ2n) is 9.13. The number of nitro benzene ring substituents is 1. The number of aliphatic carboxylic acids is 1. The lowest BCUT2D eigenvalue weighted by Crippen LogP contribution is -2.58. The number of rotatable bonds is 9. The van der Waals surface area contributed by atoms with Crippen LogP contribution in [0.25, 0.3) is 0 Å². The number of non-ortho nitro benzene ring substituents is 1. The highest BCUT2D eigenvalue weighted by molar-refractivity contribution is 5.93. The molecular formula is C23H31N3O6. The van der Waals surface area contributed by atoms with Crippen molar-refractivity contribution in [2.75, 3.05) is 27.2 Å². The molecule has 0 aromatic heterocycles. The summed E-state index contributed by atoms with van der Waals surface area (Å²) in [7, 11) is 3.76. The van der Waals surface area contributed by atoms with E-state index in [4.69, 9.17) is 4.74 Å². The summed E-state index contributed by atoms with van der Waals surface area (Å²) in [6, 6.07) is 5.47. The fraction of sp³-hybridized carbons (Fsp3) is 0.565. The van der Waals surface area contributed by atoms with E-state index in [2.05, 4.69) is 5.32 Å². The highest BCUT2D eigenvalue weighted by atomic mass is 16.6. The maximum absolute atomic E-state index is 13.7. The summed E-state index contributed by atoms with van der Waals surface area (Å²) in [5, 5.41) is 24.8. The molecule has 2 aliphatic rings. The molecule has 1 fully saturated rings. The molecule has 32 heavy (non-hydrogen) atoms. The van der Waals surface area contributed by atoms with Gasteiger partial charge in [-0.25, -0.2) is 4.79 Å². The van der Waals surface area contributed by atoms with Crippen LogP contribution in [0.4, 0.5) is 5.69 Å². The lowest BCUT2D eigenvalue weighted by Gasteiger charge is -2.48. The summed E-state index contributed by atoms with van der Waals surface area (Å²) in [4.78, 5) is 39.0. The molecule has 9 nitrogen and oxygen atoms in total. The van der Waals surface area contributed by atoms with Gasteiger partial charge in [0.25, 0.3) is 5.69 Å². The van der Waals surface area contributed by atoms with E-state index in [1.807, 2.05) is 25.9 Å². The Labute approximate surface area is 187 Å². The van der Waals surface area contributed by atoms with E-state index in [1.165, 1.54) is 18.2 Å². The predicted octanol–water partition coefficient (Wildman–Crippen LogP) is 2.92. The topological polar surface area (TPSA) is 122 Å². The summed E-state index contributed by atoms with van der Waals surface area (Å²) in [5.41, 5.74) is -0.500. The van der Waals surface area contributed by atoms with Gasteiger partial charge < -0.3 is 20.1 Å². The maximum atomic E-state index is 13.7. The fourth-order valence-corrected chi connectivity index (χ4v) is 4.60. The van der Waals surface area contributed by atoms with Crippen molar-refractivity contribution in [3.8, 4) is 0 Å². The zero-order valence-electron chi connectivity index (χ0n) is 19.0. The van der Waals surface area contributed by atoms with E-state index in [-0.39, 0.29) is 11.3 Å². The Morgan fingerprint density at radius 3 is 2.59 bits per heavy atom. The van der Waals surface area contributed by atoms with Crippen molar-refractivity contribution in [3.05, 3.63) is 51.2 Å². The summed E-state index contributed by atoms with van der Waals surface area (Å²) in [5.74, 6) is -2.18. The summed E-state index contributed by atoms with van der Waals surface area (Å²) < 4.78 is 5.76. The number of esters is 1. The van der Waals surface area contributed by atoms with Crippen molar-refractivity contribution in [1.29, 1.82) is 0 Å². The van der Waals surface area contributed by atoms with E-state index >= 15 is 0 Å². The van der Waals surface area contributed by atoms with Crippen molar-refractivity contribution >= 4 is 17.6 Å². The lowest BCUT2D eigenvalue weighted by atomic mass is 9.60. The van der Waals surface area contributed by atoms with Gasteiger partial charge in [0.15, 0.2) is 0 Å². The Hall–Kier alpha value is -2.94. The Morgan fingerprint density at radius 2 is 2.03 bits per heavy atom. The molecule has 0 bridgehead atoms. The van der Waals surface area contributed by atoms with Gasteiger partial charge in [-0.2, -0.15) is 0 Å². The zero-order chi connectivity index (χ0) is 23.6. The van der Waals surface area contributed by atoms with Gasteiger partial charge in [0.2, 0.25) is 0 Å². The first-order valence-electron chi connectivity index (χ1n) is 10.8. The molecule has 0 spiro atoms. The molecule has 0 saturated heterocycles. The van der Waals surface area contributed by atoms with Gasteiger partial charge in [-0.05, 0) is 65.2 Å². The van der Waals surface area contributed by atoms with Crippen LogP contribution in [0.3, 0.4) is 0 Å². The number of hydrogen-bond donors (Lipinski definition) is 2. The predicted molar refractivity (Wildman–Crippen MR) is 118 cm³/mol. The largest absolute Gasteiger partial charge is 0.478 e. The van der Waals surface area contributed by atoms with Crippen LogP contribution in [-0.4, -0.2) is 60.2 Å². The molecule has 1 aliphatic carbocycles. The Kier molecular flexibility index (Phi) is 6.88. The maximum Gasteiger partial charge on any atom is 0.333 e. The minimum atomic E-state index is -1.25. The summed E-state index contributed by atoms with van der Waals surface area (Å²) in [6.45, 7) is 4.33. The van der Waals surface area contributed by atoms with E-state index in [1.54, 1.807) is 13.0 Å². The van der Waals surface area contributed by atoms with Crippen LogP contribution < -0.4 is 5.32 Å². The molecule has 9 heteroatoms. The summed E-state index contributed by atoms with van der Waals surface area (Å²) in [6.07, 6.45) is 2.36. The van der Waals surface area contributed by atoms with Gasteiger partial charge in [0, 0.05) is 29.8 Å². The number of carboxylic acid groups (broad SMARTS) is 1. The number of nitrogens with zero attached hydrogens (tertiary/aromatic N) is 2.